The van der Waals surface area contributed by atoms with E-state index in [0.717, 1.165) is 0 Å². The number of nitrogens with zero attached hydrogens (tertiary/aromatic N) is 1. The van der Waals surface area contributed by atoms with Gasteiger partial charge in [-0.2, -0.15) is 3.82 Å². The van der Waals surface area contributed by atoms with Crippen molar-refractivity contribution in [3.05, 3.63) is 29.8 Å². The third-order valence-corrected chi connectivity index (χ3v) is 5.03. The number of anilines is 1. The van der Waals surface area contributed by atoms with E-state index >= 15 is 0 Å². The smallest absolute Gasteiger partial charge is 0.337 e. The van der Waals surface area contributed by atoms with Gasteiger partial charge in [0.05, 0.1) is 18.4 Å². The predicted octanol–water partition coefficient (Wildman–Crippen LogP) is 2.35. The van der Waals surface area contributed by atoms with Gasteiger partial charge in [0.25, 0.3) is 10.0 Å². The number of ether oxygens (including phenoxy) is 1. The number of rotatable bonds is 4. The fourth-order valence-corrected chi connectivity index (χ4v) is 2.62. The summed E-state index contributed by atoms with van der Waals surface area (Å²) < 4.78 is 27.3. The number of hydrogen-bond donors (Lipinski definition) is 0. The van der Waals surface area contributed by atoms with E-state index in [9.17, 15) is 13.2 Å². The summed E-state index contributed by atoms with van der Waals surface area (Å²) in [7, 11) is -2.64. The quantitative estimate of drug-likeness (QED) is 0.486. The molecular formula is C10H11Cl2NO4S. The number of sulfonamides is 1. The summed E-state index contributed by atoms with van der Waals surface area (Å²) in [5, 5.41) is 0. The molecule has 0 saturated heterocycles. The first-order valence-corrected chi connectivity index (χ1v) is 7.11. The maximum atomic E-state index is 11.7. The molecule has 0 N–H and O–H groups in total. The molecule has 0 amide bonds. The highest BCUT2D eigenvalue weighted by Crippen LogP contribution is 2.25. The largest absolute Gasteiger partial charge is 0.465 e. The second-order valence-corrected chi connectivity index (χ2v) is 6.90. The Hall–Kier alpha value is -0.980. The zero-order valence-electron chi connectivity index (χ0n) is 9.63. The molecule has 0 aliphatic rings. The maximum Gasteiger partial charge on any atom is 0.337 e. The molecule has 1 atom stereocenters. The van der Waals surface area contributed by atoms with E-state index in [2.05, 4.69) is 4.74 Å². The Morgan fingerprint density at radius 2 is 2.06 bits per heavy atom. The highest BCUT2D eigenvalue weighted by Gasteiger charge is 2.27. The molecule has 0 aromatic heterocycles. The van der Waals surface area contributed by atoms with E-state index in [4.69, 9.17) is 23.4 Å². The van der Waals surface area contributed by atoms with Gasteiger partial charge in [0.1, 0.15) is 0 Å². The number of hydrogen-bond acceptors (Lipinski definition) is 4. The predicted molar refractivity (Wildman–Crippen MR) is 70.3 cm³/mol. The molecule has 100 valence electrons. The first-order valence-electron chi connectivity index (χ1n) is 4.83. The van der Waals surface area contributed by atoms with Crippen LogP contribution in [-0.2, 0) is 14.8 Å². The van der Waals surface area contributed by atoms with Gasteiger partial charge in [0.15, 0.2) is 4.71 Å². The van der Waals surface area contributed by atoms with Gasteiger partial charge in [0, 0.05) is 11.8 Å². The number of esters is 1. The molecular weight excluding hydrogens is 301 g/mol. The Kier molecular flexibility index (Phi) is 4.84. The van der Waals surface area contributed by atoms with E-state index in [0.29, 0.717) is 3.82 Å². The number of methoxy groups -OCH3 is 1. The van der Waals surface area contributed by atoms with Crippen molar-refractivity contribution in [2.75, 3.05) is 10.9 Å². The zero-order valence-corrected chi connectivity index (χ0v) is 12.0. The topological polar surface area (TPSA) is 63.7 Å². The molecule has 0 saturated carbocycles. The molecule has 0 fully saturated rings. The van der Waals surface area contributed by atoms with Gasteiger partial charge in [-0.1, -0.05) is 6.07 Å². The maximum absolute atomic E-state index is 11.7. The summed E-state index contributed by atoms with van der Waals surface area (Å²) in [5.41, 5.74) is 0.310. The van der Waals surface area contributed by atoms with Crippen LogP contribution in [0.15, 0.2) is 24.3 Å². The summed E-state index contributed by atoms with van der Waals surface area (Å²) in [6.45, 7) is 1.29. The van der Waals surface area contributed by atoms with Crippen molar-refractivity contribution >= 4 is 45.1 Å². The molecule has 0 spiro atoms. The van der Waals surface area contributed by atoms with E-state index < -0.39 is 20.7 Å². The molecule has 0 heterocycles. The fraction of sp³-hybridized carbons (Fsp3) is 0.300. The molecule has 0 aliphatic carbocycles. The van der Waals surface area contributed by atoms with Crippen LogP contribution in [0.4, 0.5) is 5.69 Å². The third-order valence-electron chi connectivity index (χ3n) is 2.10. The van der Waals surface area contributed by atoms with Crippen molar-refractivity contribution in [1.82, 2.24) is 0 Å². The fourth-order valence-electron chi connectivity index (χ4n) is 1.13. The third kappa shape index (κ3) is 3.07. The van der Waals surface area contributed by atoms with Crippen molar-refractivity contribution in [3.63, 3.8) is 0 Å². The van der Waals surface area contributed by atoms with Gasteiger partial charge in [-0.25, -0.2) is 13.2 Å². The van der Waals surface area contributed by atoms with Crippen LogP contribution in [0, 0.1) is 0 Å². The summed E-state index contributed by atoms with van der Waals surface area (Å²) in [5.74, 6) is -0.585. The SMILES string of the molecule is COC(=O)c1cccc(N(Cl)S(=O)(=O)C(C)Cl)c1. The molecule has 5 nitrogen and oxygen atoms in total. The van der Waals surface area contributed by atoms with Crippen LogP contribution in [0.2, 0.25) is 0 Å². The van der Waals surface area contributed by atoms with Crippen LogP contribution in [0.1, 0.15) is 17.3 Å². The van der Waals surface area contributed by atoms with E-state index in [1.165, 1.54) is 38.3 Å². The molecule has 0 radical (unpaired) electrons. The van der Waals surface area contributed by atoms with E-state index in [-0.39, 0.29) is 11.3 Å². The molecule has 18 heavy (non-hydrogen) atoms. The van der Waals surface area contributed by atoms with Crippen molar-refractivity contribution < 1.29 is 17.9 Å². The molecule has 1 aromatic rings. The minimum Gasteiger partial charge on any atom is -0.465 e. The van der Waals surface area contributed by atoms with Gasteiger partial charge in [-0.15, -0.1) is 11.6 Å². The second-order valence-electron chi connectivity index (χ2n) is 3.34. The Labute approximate surface area is 115 Å². The van der Waals surface area contributed by atoms with Crippen LogP contribution >= 0.6 is 23.4 Å². The normalized spacial score (nSPS) is 12.9. The Bertz CT molecular complexity index is 545. The summed E-state index contributed by atoms with van der Waals surface area (Å²) >= 11 is 11.3. The van der Waals surface area contributed by atoms with Crippen LogP contribution in [0.5, 0.6) is 0 Å². The van der Waals surface area contributed by atoms with Crippen LogP contribution in [0.3, 0.4) is 0 Å². The highest BCUT2D eigenvalue weighted by molar-refractivity contribution is 7.95. The summed E-state index contributed by atoms with van der Waals surface area (Å²) in [6.07, 6.45) is 0. The van der Waals surface area contributed by atoms with Crippen molar-refractivity contribution in [1.29, 1.82) is 0 Å². The molecule has 1 unspecified atom stereocenters. The standard InChI is InChI=1S/C10H11Cl2NO4S/c1-7(11)18(15,16)13(12)9-5-3-4-8(6-9)10(14)17-2/h3-7H,1-2H3. The second kappa shape index (κ2) is 5.77. The number of carbonyl (C=O) groups is 1. The van der Waals surface area contributed by atoms with Gasteiger partial charge in [0.2, 0.25) is 0 Å². The zero-order chi connectivity index (χ0) is 13.9. The van der Waals surface area contributed by atoms with Gasteiger partial charge < -0.3 is 4.74 Å². The molecule has 1 rings (SSSR count). The van der Waals surface area contributed by atoms with Gasteiger partial charge in [-0.3, -0.25) is 0 Å². The lowest BCUT2D eigenvalue weighted by Crippen LogP contribution is -2.27. The number of alkyl halides is 1. The van der Waals surface area contributed by atoms with Crippen LogP contribution in [0.25, 0.3) is 0 Å². The first-order chi connectivity index (χ1) is 8.30. The Morgan fingerprint density at radius 1 is 1.44 bits per heavy atom. The monoisotopic (exact) mass is 311 g/mol. The Balaban J connectivity index is 3.15. The average molecular weight is 312 g/mol. The number of halogens is 2. The molecule has 0 aliphatic heterocycles. The van der Waals surface area contributed by atoms with Gasteiger partial charge in [-0.05, 0) is 25.1 Å². The van der Waals surface area contributed by atoms with E-state index in [1.54, 1.807) is 0 Å². The molecule has 1 aromatic carbocycles. The minimum absolute atomic E-state index is 0.118. The van der Waals surface area contributed by atoms with Gasteiger partial charge >= 0.3 is 5.97 Å². The van der Waals surface area contributed by atoms with Crippen molar-refractivity contribution in [2.24, 2.45) is 0 Å². The Morgan fingerprint density at radius 3 is 2.56 bits per heavy atom. The first kappa shape index (κ1) is 15.1. The lowest BCUT2D eigenvalue weighted by molar-refractivity contribution is 0.0601. The van der Waals surface area contributed by atoms with Crippen LogP contribution < -0.4 is 3.82 Å². The minimum atomic E-state index is -3.87. The van der Waals surface area contributed by atoms with Crippen molar-refractivity contribution in [2.45, 2.75) is 11.6 Å². The van der Waals surface area contributed by atoms with Crippen LogP contribution in [-0.4, -0.2) is 26.2 Å². The highest BCUT2D eigenvalue weighted by atomic mass is 35.5. The summed E-state index contributed by atoms with van der Waals surface area (Å²) in [4.78, 5) is 11.3. The number of carbonyl (C=O) groups excluding carboxylic acids is 1. The lowest BCUT2D eigenvalue weighted by Gasteiger charge is -2.17. The number of benzene rings is 1. The lowest BCUT2D eigenvalue weighted by atomic mass is 10.2. The molecule has 8 heteroatoms. The van der Waals surface area contributed by atoms with E-state index in [1.807, 2.05) is 0 Å². The average Bonchev–Trinajstić information content (AvgIpc) is 2.36. The molecule has 0 bridgehead atoms. The summed E-state index contributed by atoms with van der Waals surface area (Å²) in [6, 6.07) is 5.72. The van der Waals surface area contributed by atoms with Crippen molar-refractivity contribution in [3.8, 4) is 0 Å².